The number of aryl methyl sites for hydroxylation is 1. The zero-order valence-electron chi connectivity index (χ0n) is 14.2. The molecule has 132 valence electrons. The summed E-state index contributed by atoms with van der Waals surface area (Å²) in [6.45, 7) is 2.12. The number of aromatic nitrogens is 1. The van der Waals surface area contributed by atoms with Gasteiger partial charge in [-0.15, -0.1) is 11.3 Å². The van der Waals surface area contributed by atoms with Gasteiger partial charge in [0, 0.05) is 28.7 Å². The number of nitrogens with one attached hydrogen (secondary N) is 1. The Kier molecular flexibility index (Phi) is 5.18. The zero-order chi connectivity index (χ0) is 17.9. The lowest BCUT2D eigenvalue weighted by Gasteiger charge is -2.33. The molecule has 0 bridgehead atoms. The number of nitrogens with zero attached hydrogens (tertiary/aromatic N) is 1. The quantitative estimate of drug-likeness (QED) is 0.850. The summed E-state index contributed by atoms with van der Waals surface area (Å²) >= 11 is 1.54. The molecular formula is C19H22N2O3S. The van der Waals surface area contributed by atoms with E-state index in [1.165, 1.54) is 0 Å². The minimum atomic E-state index is -0.821. The molecule has 0 radical (unpaired) electrons. The number of aliphatic carboxylic acids is 1. The van der Waals surface area contributed by atoms with Gasteiger partial charge in [0.15, 0.2) is 0 Å². The summed E-state index contributed by atoms with van der Waals surface area (Å²) in [6, 6.07) is 7.30. The Hall–Kier alpha value is -2.21. The molecule has 0 aliphatic heterocycles. The molecule has 1 fully saturated rings. The van der Waals surface area contributed by atoms with Gasteiger partial charge in [0.2, 0.25) is 0 Å². The Morgan fingerprint density at radius 3 is 2.68 bits per heavy atom. The topological polar surface area (TPSA) is 79.3 Å². The SMILES string of the molecule is Cc1csc(-c2cccc(C(=O)NCC3(C(=O)O)CCCCC3)c2)n1. The highest BCUT2D eigenvalue weighted by molar-refractivity contribution is 7.13. The average Bonchev–Trinajstić information content (AvgIpc) is 3.07. The predicted octanol–water partition coefficient (Wildman–Crippen LogP) is 3.88. The Labute approximate surface area is 151 Å². The highest BCUT2D eigenvalue weighted by atomic mass is 32.1. The van der Waals surface area contributed by atoms with Gasteiger partial charge in [-0.3, -0.25) is 9.59 Å². The molecule has 2 aromatic rings. The molecule has 0 saturated heterocycles. The van der Waals surface area contributed by atoms with Crippen molar-refractivity contribution < 1.29 is 14.7 Å². The molecule has 1 aliphatic rings. The third-order valence-corrected chi connectivity index (χ3v) is 5.85. The van der Waals surface area contributed by atoms with Crippen LogP contribution in [0.1, 0.15) is 48.2 Å². The largest absolute Gasteiger partial charge is 0.481 e. The molecule has 1 aromatic heterocycles. The Bertz CT molecular complexity index is 778. The van der Waals surface area contributed by atoms with E-state index in [9.17, 15) is 14.7 Å². The first-order valence-electron chi connectivity index (χ1n) is 8.54. The van der Waals surface area contributed by atoms with Crippen LogP contribution in [-0.2, 0) is 4.79 Å². The second-order valence-electron chi connectivity index (χ2n) is 6.70. The van der Waals surface area contributed by atoms with E-state index in [1.54, 1.807) is 17.4 Å². The minimum absolute atomic E-state index is 0.182. The van der Waals surface area contributed by atoms with E-state index < -0.39 is 11.4 Å². The van der Waals surface area contributed by atoms with Gasteiger partial charge in [0.05, 0.1) is 5.41 Å². The monoisotopic (exact) mass is 358 g/mol. The number of carboxylic acid groups (broad SMARTS) is 1. The van der Waals surface area contributed by atoms with Crippen LogP contribution in [0.4, 0.5) is 0 Å². The van der Waals surface area contributed by atoms with Gasteiger partial charge < -0.3 is 10.4 Å². The highest BCUT2D eigenvalue weighted by Gasteiger charge is 2.39. The van der Waals surface area contributed by atoms with Crippen molar-refractivity contribution >= 4 is 23.2 Å². The summed E-state index contributed by atoms with van der Waals surface area (Å²) < 4.78 is 0. The first-order valence-corrected chi connectivity index (χ1v) is 9.42. The Morgan fingerprint density at radius 1 is 1.28 bits per heavy atom. The molecule has 1 heterocycles. The first-order chi connectivity index (χ1) is 12.0. The molecule has 6 heteroatoms. The van der Waals surface area contributed by atoms with Crippen LogP contribution in [0.3, 0.4) is 0 Å². The van der Waals surface area contributed by atoms with E-state index in [2.05, 4.69) is 10.3 Å². The van der Waals surface area contributed by atoms with Crippen molar-refractivity contribution in [1.29, 1.82) is 0 Å². The van der Waals surface area contributed by atoms with Crippen LogP contribution in [0.5, 0.6) is 0 Å². The fraction of sp³-hybridized carbons (Fsp3) is 0.421. The summed E-state index contributed by atoms with van der Waals surface area (Å²) in [5, 5.41) is 15.3. The van der Waals surface area contributed by atoms with Crippen LogP contribution >= 0.6 is 11.3 Å². The van der Waals surface area contributed by atoms with E-state index in [4.69, 9.17) is 0 Å². The molecule has 3 rings (SSSR count). The number of hydrogen-bond acceptors (Lipinski definition) is 4. The van der Waals surface area contributed by atoms with Gasteiger partial charge in [-0.05, 0) is 31.9 Å². The standard InChI is InChI=1S/C19H22N2O3S/c1-13-11-25-17(21-13)15-7-5-6-14(10-15)16(22)20-12-19(18(23)24)8-3-2-4-9-19/h5-7,10-11H,2-4,8-9,12H2,1H3,(H,20,22)(H,23,24). The molecule has 1 aliphatic carbocycles. The van der Waals surface area contributed by atoms with Crippen LogP contribution < -0.4 is 5.32 Å². The van der Waals surface area contributed by atoms with Gasteiger partial charge >= 0.3 is 5.97 Å². The average molecular weight is 358 g/mol. The summed E-state index contributed by atoms with van der Waals surface area (Å²) in [7, 11) is 0. The van der Waals surface area contributed by atoms with E-state index in [-0.39, 0.29) is 12.5 Å². The zero-order valence-corrected chi connectivity index (χ0v) is 15.1. The summed E-state index contributed by atoms with van der Waals surface area (Å²) in [6.07, 6.45) is 4.13. The van der Waals surface area contributed by atoms with Crippen molar-refractivity contribution in [2.24, 2.45) is 5.41 Å². The maximum atomic E-state index is 12.5. The van der Waals surface area contributed by atoms with E-state index in [0.29, 0.717) is 18.4 Å². The van der Waals surface area contributed by atoms with Crippen LogP contribution in [0.2, 0.25) is 0 Å². The van der Waals surface area contributed by atoms with Gasteiger partial charge in [-0.1, -0.05) is 31.4 Å². The smallest absolute Gasteiger partial charge is 0.311 e. The molecule has 2 N–H and O–H groups in total. The lowest BCUT2D eigenvalue weighted by molar-refractivity contribution is -0.150. The van der Waals surface area contributed by atoms with E-state index >= 15 is 0 Å². The first kappa shape index (κ1) is 17.6. The molecular weight excluding hydrogens is 336 g/mol. The van der Waals surface area contributed by atoms with Gasteiger partial charge in [0.25, 0.3) is 5.91 Å². The van der Waals surface area contributed by atoms with Crippen molar-refractivity contribution in [2.75, 3.05) is 6.54 Å². The summed E-state index contributed by atoms with van der Waals surface area (Å²) in [5.41, 5.74) is 1.56. The van der Waals surface area contributed by atoms with Crippen LogP contribution in [-0.4, -0.2) is 28.5 Å². The predicted molar refractivity (Wildman–Crippen MR) is 97.8 cm³/mol. The minimum Gasteiger partial charge on any atom is -0.481 e. The highest BCUT2D eigenvalue weighted by Crippen LogP contribution is 2.36. The van der Waals surface area contributed by atoms with E-state index in [0.717, 1.165) is 35.5 Å². The molecule has 1 amide bonds. The number of thiazole rings is 1. The number of carbonyl (C=O) groups is 2. The second kappa shape index (κ2) is 7.35. The maximum Gasteiger partial charge on any atom is 0.311 e. The number of benzene rings is 1. The number of carboxylic acids is 1. The van der Waals surface area contributed by atoms with Gasteiger partial charge in [-0.2, -0.15) is 0 Å². The Balaban J connectivity index is 1.72. The van der Waals surface area contributed by atoms with Crippen molar-refractivity contribution in [3.8, 4) is 10.6 Å². The van der Waals surface area contributed by atoms with Crippen molar-refractivity contribution in [1.82, 2.24) is 10.3 Å². The molecule has 0 spiro atoms. The second-order valence-corrected chi connectivity index (χ2v) is 7.56. The molecule has 1 saturated carbocycles. The van der Waals surface area contributed by atoms with E-state index in [1.807, 2.05) is 30.5 Å². The summed E-state index contributed by atoms with van der Waals surface area (Å²) in [4.78, 5) is 28.7. The van der Waals surface area contributed by atoms with Gasteiger partial charge in [-0.25, -0.2) is 4.98 Å². The van der Waals surface area contributed by atoms with Gasteiger partial charge in [0.1, 0.15) is 5.01 Å². The number of amides is 1. The van der Waals surface area contributed by atoms with Crippen molar-refractivity contribution in [3.63, 3.8) is 0 Å². The maximum absolute atomic E-state index is 12.5. The van der Waals surface area contributed by atoms with Crippen LogP contribution in [0.15, 0.2) is 29.6 Å². The lowest BCUT2D eigenvalue weighted by atomic mass is 9.74. The number of rotatable bonds is 5. The molecule has 25 heavy (non-hydrogen) atoms. The third-order valence-electron chi connectivity index (χ3n) is 4.84. The van der Waals surface area contributed by atoms with Crippen molar-refractivity contribution in [2.45, 2.75) is 39.0 Å². The summed E-state index contributed by atoms with van der Waals surface area (Å²) in [5.74, 6) is -1.04. The number of carbonyl (C=O) groups excluding carboxylic acids is 1. The van der Waals surface area contributed by atoms with Crippen LogP contribution in [0, 0.1) is 12.3 Å². The molecule has 5 nitrogen and oxygen atoms in total. The lowest BCUT2D eigenvalue weighted by Crippen LogP contribution is -2.44. The fourth-order valence-corrected chi connectivity index (χ4v) is 4.12. The molecule has 1 aromatic carbocycles. The van der Waals surface area contributed by atoms with Crippen molar-refractivity contribution in [3.05, 3.63) is 40.9 Å². The Morgan fingerprint density at radius 2 is 2.04 bits per heavy atom. The fourth-order valence-electron chi connectivity index (χ4n) is 3.33. The number of hydrogen-bond donors (Lipinski definition) is 2. The molecule has 0 atom stereocenters. The normalized spacial score (nSPS) is 16.4. The third kappa shape index (κ3) is 3.90. The van der Waals surface area contributed by atoms with Crippen LogP contribution in [0.25, 0.3) is 10.6 Å². The molecule has 0 unspecified atom stereocenters.